The van der Waals surface area contributed by atoms with Gasteiger partial charge in [-0.15, -0.1) is 0 Å². The molecular weight excluding hydrogens is 230 g/mol. The molecule has 0 aromatic heterocycles. The standard InChI is InChI=1S/C13H17N3O2/c1-13(14,12(17)18)8-9-3-2-4-10(7-9)11-15-5-6-16-11/h2-4,7H,5-6,8,14H2,1H3,(H,15,16)(H,17,18)/t13-/m1/s1. The van der Waals surface area contributed by atoms with E-state index in [1.807, 2.05) is 24.3 Å². The number of nitrogens with two attached hydrogens (primary N) is 1. The van der Waals surface area contributed by atoms with Crippen molar-refractivity contribution < 1.29 is 9.90 Å². The predicted molar refractivity (Wildman–Crippen MR) is 69.8 cm³/mol. The van der Waals surface area contributed by atoms with Gasteiger partial charge in [-0.25, -0.2) is 0 Å². The summed E-state index contributed by atoms with van der Waals surface area (Å²) in [5.41, 5.74) is 6.38. The Morgan fingerprint density at radius 3 is 3.00 bits per heavy atom. The van der Waals surface area contributed by atoms with E-state index in [4.69, 9.17) is 10.8 Å². The molecule has 2 rings (SSSR count). The molecule has 1 aromatic rings. The molecule has 1 aliphatic rings. The Kier molecular flexibility index (Phi) is 3.34. The van der Waals surface area contributed by atoms with Crippen LogP contribution >= 0.6 is 0 Å². The van der Waals surface area contributed by atoms with Gasteiger partial charge < -0.3 is 16.2 Å². The van der Waals surface area contributed by atoms with Crippen molar-refractivity contribution in [3.63, 3.8) is 0 Å². The lowest BCUT2D eigenvalue weighted by atomic mass is 9.93. The minimum atomic E-state index is -1.25. The Morgan fingerprint density at radius 1 is 1.61 bits per heavy atom. The second-order valence-electron chi connectivity index (χ2n) is 4.76. The van der Waals surface area contributed by atoms with Crippen LogP contribution in [0.5, 0.6) is 0 Å². The molecule has 18 heavy (non-hydrogen) atoms. The van der Waals surface area contributed by atoms with Crippen LogP contribution in [0.25, 0.3) is 0 Å². The normalized spacial score (nSPS) is 17.8. The van der Waals surface area contributed by atoms with Crippen LogP contribution in [0.1, 0.15) is 18.1 Å². The topological polar surface area (TPSA) is 87.7 Å². The number of amidine groups is 1. The van der Waals surface area contributed by atoms with Gasteiger partial charge in [0.1, 0.15) is 11.4 Å². The van der Waals surface area contributed by atoms with E-state index in [0.717, 1.165) is 30.1 Å². The first-order chi connectivity index (χ1) is 8.49. The minimum Gasteiger partial charge on any atom is -0.480 e. The van der Waals surface area contributed by atoms with Crippen molar-refractivity contribution in [2.45, 2.75) is 18.9 Å². The number of aliphatic imine (C=N–C) groups is 1. The van der Waals surface area contributed by atoms with Crippen LogP contribution in [-0.2, 0) is 11.2 Å². The van der Waals surface area contributed by atoms with Gasteiger partial charge in [-0.2, -0.15) is 0 Å². The molecule has 5 nitrogen and oxygen atoms in total. The van der Waals surface area contributed by atoms with Gasteiger partial charge >= 0.3 is 5.97 Å². The third kappa shape index (κ3) is 2.68. The van der Waals surface area contributed by atoms with E-state index in [-0.39, 0.29) is 0 Å². The van der Waals surface area contributed by atoms with E-state index in [9.17, 15) is 4.79 Å². The second-order valence-corrected chi connectivity index (χ2v) is 4.76. The number of nitrogens with one attached hydrogen (secondary N) is 1. The largest absolute Gasteiger partial charge is 0.480 e. The zero-order valence-corrected chi connectivity index (χ0v) is 10.3. The summed E-state index contributed by atoms with van der Waals surface area (Å²) >= 11 is 0. The summed E-state index contributed by atoms with van der Waals surface area (Å²) in [6.07, 6.45) is 0.295. The molecule has 96 valence electrons. The molecule has 0 aliphatic carbocycles. The van der Waals surface area contributed by atoms with Crippen LogP contribution in [0.15, 0.2) is 29.3 Å². The summed E-state index contributed by atoms with van der Waals surface area (Å²) in [4.78, 5) is 15.3. The molecule has 0 amide bonds. The van der Waals surface area contributed by atoms with Gasteiger partial charge in [-0.1, -0.05) is 18.2 Å². The van der Waals surface area contributed by atoms with Crippen LogP contribution in [0.2, 0.25) is 0 Å². The van der Waals surface area contributed by atoms with Gasteiger partial charge in [0.25, 0.3) is 0 Å². The molecule has 0 fully saturated rings. The van der Waals surface area contributed by atoms with Gasteiger partial charge in [0, 0.05) is 18.5 Å². The molecule has 0 spiro atoms. The molecule has 4 N–H and O–H groups in total. The van der Waals surface area contributed by atoms with Gasteiger partial charge in [-0.05, 0) is 18.6 Å². The number of carbonyl (C=O) groups is 1. The van der Waals surface area contributed by atoms with E-state index in [0.29, 0.717) is 6.42 Å². The van der Waals surface area contributed by atoms with Crippen molar-refractivity contribution in [3.8, 4) is 0 Å². The molecule has 5 heteroatoms. The zero-order chi connectivity index (χ0) is 13.2. The zero-order valence-electron chi connectivity index (χ0n) is 10.3. The quantitative estimate of drug-likeness (QED) is 0.718. The second kappa shape index (κ2) is 4.78. The average molecular weight is 247 g/mol. The summed E-state index contributed by atoms with van der Waals surface area (Å²) in [5, 5.41) is 12.2. The van der Waals surface area contributed by atoms with Crippen LogP contribution in [-0.4, -0.2) is 35.5 Å². The number of hydrogen-bond acceptors (Lipinski definition) is 4. The third-order valence-electron chi connectivity index (χ3n) is 2.93. The van der Waals surface area contributed by atoms with Gasteiger partial charge in [0.05, 0.1) is 6.54 Å². The average Bonchev–Trinajstić information content (AvgIpc) is 2.82. The van der Waals surface area contributed by atoms with Crippen molar-refractivity contribution >= 4 is 11.8 Å². The maximum Gasteiger partial charge on any atom is 0.323 e. The highest BCUT2D eigenvalue weighted by Crippen LogP contribution is 2.14. The summed E-state index contributed by atoms with van der Waals surface area (Å²) in [7, 11) is 0. The number of carboxylic acids is 1. The molecule has 0 unspecified atom stereocenters. The Morgan fingerprint density at radius 2 is 2.39 bits per heavy atom. The lowest BCUT2D eigenvalue weighted by Crippen LogP contribution is -2.46. The summed E-state index contributed by atoms with van der Waals surface area (Å²) < 4.78 is 0. The number of hydrogen-bond donors (Lipinski definition) is 3. The van der Waals surface area contributed by atoms with Gasteiger partial charge in [-0.3, -0.25) is 9.79 Å². The molecule has 0 radical (unpaired) electrons. The van der Waals surface area contributed by atoms with E-state index in [2.05, 4.69) is 10.3 Å². The highest BCUT2D eigenvalue weighted by atomic mass is 16.4. The SMILES string of the molecule is C[C@@](N)(Cc1cccc(C2=NCCN2)c1)C(=O)O. The molecule has 1 atom stereocenters. The number of aliphatic carboxylic acids is 1. The predicted octanol–water partition coefficient (Wildman–Crippen LogP) is 0.381. The fraction of sp³-hybridized carbons (Fsp3) is 0.385. The fourth-order valence-electron chi connectivity index (χ4n) is 1.92. The summed E-state index contributed by atoms with van der Waals surface area (Å²) in [5.74, 6) is -0.130. The van der Waals surface area contributed by atoms with E-state index < -0.39 is 11.5 Å². The van der Waals surface area contributed by atoms with Crippen molar-refractivity contribution in [2.24, 2.45) is 10.7 Å². The molecule has 1 aliphatic heterocycles. The molecule has 0 saturated carbocycles. The monoisotopic (exact) mass is 247 g/mol. The van der Waals surface area contributed by atoms with Crippen LogP contribution in [0, 0.1) is 0 Å². The first kappa shape index (κ1) is 12.6. The van der Waals surface area contributed by atoms with Crippen LogP contribution in [0.4, 0.5) is 0 Å². The summed E-state index contributed by atoms with van der Waals surface area (Å²) in [6, 6.07) is 7.67. The summed E-state index contributed by atoms with van der Waals surface area (Å²) in [6.45, 7) is 3.15. The molecule has 0 saturated heterocycles. The first-order valence-corrected chi connectivity index (χ1v) is 5.89. The Bertz CT molecular complexity index is 495. The van der Waals surface area contributed by atoms with Crippen LogP contribution in [0.3, 0.4) is 0 Å². The maximum atomic E-state index is 11.0. The van der Waals surface area contributed by atoms with Crippen molar-refractivity contribution in [3.05, 3.63) is 35.4 Å². The number of nitrogens with zero attached hydrogens (tertiary/aromatic N) is 1. The number of carboxylic acid groups (broad SMARTS) is 1. The Labute approximate surface area is 106 Å². The van der Waals surface area contributed by atoms with Crippen molar-refractivity contribution in [1.82, 2.24) is 5.32 Å². The molecule has 1 heterocycles. The molecule has 0 bridgehead atoms. The molecule has 1 aromatic carbocycles. The molecular formula is C13H17N3O2. The lowest BCUT2D eigenvalue weighted by Gasteiger charge is -2.19. The lowest BCUT2D eigenvalue weighted by molar-refractivity contribution is -0.142. The van der Waals surface area contributed by atoms with E-state index in [1.165, 1.54) is 6.92 Å². The Balaban J connectivity index is 2.20. The minimum absolute atomic E-state index is 0.295. The van der Waals surface area contributed by atoms with Crippen molar-refractivity contribution in [1.29, 1.82) is 0 Å². The fourth-order valence-corrected chi connectivity index (χ4v) is 1.92. The number of benzene rings is 1. The number of rotatable bonds is 4. The maximum absolute atomic E-state index is 11.0. The highest BCUT2D eigenvalue weighted by molar-refractivity contribution is 5.99. The van der Waals surface area contributed by atoms with Gasteiger partial charge in [0.2, 0.25) is 0 Å². The van der Waals surface area contributed by atoms with Crippen LogP contribution < -0.4 is 11.1 Å². The van der Waals surface area contributed by atoms with Crippen molar-refractivity contribution in [2.75, 3.05) is 13.1 Å². The highest BCUT2D eigenvalue weighted by Gasteiger charge is 2.28. The van der Waals surface area contributed by atoms with E-state index in [1.54, 1.807) is 0 Å². The smallest absolute Gasteiger partial charge is 0.323 e. The first-order valence-electron chi connectivity index (χ1n) is 5.89. The third-order valence-corrected chi connectivity index (χ3v) is 2.93. The van der Waals surface area contributed by atoms with Gasteiger partial charge in [0.15, 0.2) is 0 Å². The van der Waals surface area contributed by atoms with E-state index >= 15 is 0 Å². The Hall–Kier alpha value is -1.88.